The second kappa shape index (κ2) is 7.00. The van der Waals surface area contributed by atoms with Crippen LogP contribution in [0.3, 0.4) is 0 Å². The lowest BCUT2D eigenvalue weighted by Crippen LogP contribution is -1.96. The Hall–Kier alpha value is -3.08. The fourth-order valence-electron chi connectivity index (χ4n) is 2.51. The third-order valence-electron chi connectivity index (χ3n) is 3.65. The number of benzene rings is 2. The van der Waals surface area contributed by atoms with Gasteiger partial charge in [0.25, 0.3) is 0 Å². The Morgan fingerprint density at radius 1 is 1.00 bits per heavy atom. The Bertz CT molecular complexity index is 891. The summed E-state index contributed by atoms with van der Waals surface area (Å²) in [5.41, 5.74) is 6.83. The zero-order valence-corrected chi connectivity index (χ0v) is 13.9. The number of nitrogens with zero attached hydrogens (tertiary/aromatic N) is 2. The molecule has 0 aliphatic heterocycles. The molecule has 2 aromatic carbocycles. The van der Waals surface area contributed by atoms with Crippen LogP contribution < -0.4 is 14.9 Å². The van der Waals surface area contributed by atoms with Crippen molar-refractivity contribution in [2.24, 2.45) is 5.10 Å². The molecule has 0 bridgehead atoms. The van der Waals surface area contributed by atoms with Crippen molar-refractivity contribution in [3.8, 4) is 11.5 Å². The smallest absolute Gasteiger partial charge is 0.161 e. The minimum Gasteiger partial charge on any atom is -0.493 e. The summed E-state index contributed by atoms with van der Waals surface area (Å²) in [6.07, 6.45) is 1.74. The van der Waals surface area contributed by atoms with Gasteiger partial charge in [0.2, 0.25) is 0 Å². The summed E-state index contributed by atoms with van der Waals surface area (Å²) in [5.74, 6) is 1.37. The van der Waals surface area contributed by atoms with Crippen LogP contribution >= 0.6 is 0 Å². The largest absolute Gasteiger partial charge is 0.493 e. The van der Waals surface area contributed by atoms with E-state index in [1.165, 1.54) is 0 Å². The van der Waals surface area contributed by atoms with E-state index in [4.69, 9.17) is 9.47 Å². The highest BCUT2D eigenvalue weighted by Gasteiger charge is 2.04. The van der Waals surface area contributed by atoms with Gasteiger partial charge in [-0.3, -0.25) is 10.4 Å². The number of aromatic nitrogens is 1. The van der Waals surface area contributed by atoms with Crippen LogP contribution in [0.1, 0.15) is 11.3 Å². The Balaban J connectivity index is 1.84. The van der Waals surface area contributed by atoms with Gasteiger partial charge in [0.05, 0.1) is 31.6 Å². The van der Waals surface area contributed by atoms with E-state index in [1.54, 1.807) is 20.4 Å². The molecule has 0 spiro atoms. The van der Waals surface area contributed by atoms with Crippen LogP contribution in [0.25, 0.3) is 10.9 Å². The molecule has 0 aliphatic rings. The molecule has 122 valence electrons. The first-order valence-electron chi connectivity index (χ1n) is 7.59. The molecular formula is C19H19N3O2. The number of pyridine rings is 1. The average Bonchev–Trinajstić information content (AvgIpc) is 2.61. The standard InChI is InChI=1S/C19H19N3O2/c1-13-10-17(15-6-4-5-7-16(15)21-13)22-20-12-14-8-9-18(23-2)19(11-14)24-3/h4-12H,1-3H3,(H,21,22)/b20-12+. The van der Waals surface area contributed by atoms with E-state index in [0.717, 1.165) is 27.8 Å². The summed E-state index contributed by atoms with van der Waals surface area (Å²) in [6.45, 7) is 1.97. The first-order valence-corrected chi connectivity index (χ1v) is 7.59. The molecule has 3 aromatic rings. The van der Waals surface area contributed by atoms with Crippen molar-refractivity contribution in [1.82, 2.24) is 4.98 Å². The van der Waals surface area contributed by atoms with E-state index in [2.05, 4.69) is 15.5 Å². The van der Waals surface area contributed by atoms with Crippen molar-refractivity contribution in [3.05, 3.63) is 59.8 Å². The fourth-order valence-corrected chi connectivity index (χ4v) is 2.51. The molecule has 0 fully saturated rings. The number of anilines is 1. The molecule has 0 saturated heterocycles. The molecule has 1 heterocycles. The fraction of sp³-hybridized carbons (Fsp3) is 0.158. The third-order valence-corrected chi connectivity index (χ3v) is 3.65. The minimum atomic E-state index is 0.673. The van der Waals surface area contributed by atoms with Gasteiger partial charge >= 0.3 is 0 Å². The van der Waals surface area contributed by atoms with E-state index in [0.29, 0.717) is 11.5 Å². The van der Waals surface area contributed by atoms with Crippen molar-refractivity contribution >= 4 is 22.8 Å². The summed E-state index contributed by atoms with van der Waals surface area (Å²) in [7, 11) is 3.23. The molecule has 24 heavy (non-hydrogen) atoms. The molecule has 3 rings (SSSR count). The molecule has 1 aromatic heterocycles. The molecule has 5 nitrogen and oxygen atoms in total. The first-order chi connectivity index (χ1) is 11.7. The lowest BCUT2D eigenvalue weighted by Gasteiger charge is -2.08. The molecule has 0 amide bonds. The predicted octanol–water partition coefficient (Wildman–Crippen LogP) is 4.01. The van der Waals surface area contributed by atoms with Crippen molar-refractivity contribution in [1.29, 1.82) is 0 Å². The first kappa shape index (κ1) is 15.8. The van der Waals surface area contributed by atoms with Crippen molar-refractivity contribution < 1.29 is 9.47 Å². The topological polar surface area (TPSA) is 55.7 Å². The lowest BCUT2D eigenvalue weighted by atomic mass is 10.1. The van der Waals surface area contributed by atoms with Crippen LogP contribution in [0.15, 0.2) is 53.6 Å². The second-order valence-corrected chi connectivity index (χ2v) is 5.31. The van der Waals surface area contributed by atoms with Crippen molar-refractivity contribution in [3.63, 3.8) is 0 Å². The second-order valence-electron chi connectivity index (χ2n) is 5.31. The molecular weight excluding hydrogens is 302 g/mol. The SMILES string of the molecule is COc1ccc(/C=N/Nc2cc(C)nc3ccccc23)cc1OC. The van der Waals surface area contributed by atoms with E-state index in [-0.39, 0.29) is 0 Å². The summed E-state index contributed by atoms with van der Waals surface area (Å²) in [4.78, 5) is 4.52. The van der Waals surface area contributed by atoms with Crippen molar-refractivity contribution in [2.45, 2.75) is 6.92 Å². The van der Waals surface area contributed by atoms with Gasteiger partial charge in [-0.1, -0.05) is 18.2 Å². The van der Waals surface area contributed by atoms with Gasteiger partial charge in [0, 0.05) is 11.1 Å². The number of fused-ring (bicyclic) bond motifs is 1. The molecule has 0 radical (unpaired) electrons. The maximum absolute atomic E-state index is 5.30. The average molecular weight is 321 g/mol. The maximum Gasteiger partial charge on any atom is 0.161 e. The Morgan fingerprint density at radius 2 is 1.79 bits per heavy atom. The number of rotatable bonds is 5. The van der Waals surface area contributed by atoms with Gasteiger partial charge < -0.3 is 9.47 Å². The number of para-hydroxylation sites is 1. The summed E-state index contributed by atoms with van der Waals surface area (Å²) in [5, 5.41) is 5.37. The van der Waals surface area contributed by atoms with Gasteiger partial charge in [-0.2, -0.15) is 5.10 Å². The monoisotopic (exact) mass is 321 g/mol. The predicted molar refractivity (Wildman–Crippen MR) is 97.2 cm³/mol. The third kappa shape index (κ3) is 3.30. The van der Waals surface area contributed by atoms with Gasteiger partial charge in [-0.25, -0.2) is 0 Å². The normalized spacial score (nSPS) is 11.0. The number of nitrogens with one attached hydrogen (secondary N) is 1. The maximum atomic E-state index is 5.30. The molecule has 0 unspecified atom stereocenters. The zero-order valence-electron chi connectivity index (χ0n) is 13.9. The Morgan fingerprint density at radius 3 is 2.58 bits per heavy atom. The summed E-state index contributed by atoms with van der Waals surface area (Å²) < 4.78 is 10.5. The number of hydrazone groups is 1. The minimum absolute atomic E-state index is 0.673. The molecule has 1 N–H and O–H groups in total. The van der Waals surface area contributed by atoms with E-state index in [9.17, 15) is 0 Å². The lowest BCUT2D eigenvalue weighted by molar-refractivity contribution is 0.355. The van der Waals surface area contributed by atoms with Crippen LogP contribution in [-0.4, -0.2) is 25.4 Å². The molecule has 0 saturated carbocycles. The van der Waals surface area contributed by atoms with Gasteiger partial charge in [0.1, 0.15) is 0 Å². The van der Waals surface area contributed by atoms with Gasteiger partial charge in [-0.15, -0.1) is 0 Å². The van der Waals surface area contributed by atoms with Crippen LogP contribution in [-0.2, 0) is 0 Å². The molecule has 0 atom stereocenters. The highest BCUT2D eigenvalue weighted by molar-refractivity contribution is 5.92. The highest BCUT2D eigenvalue weighted by Crippen LogP contribution is 2.27. The number of methoxy groups -OCH3 is 2. The van der Waals surface area contributed by atoms with Gasteiger partial charge in [0.15, 0.2) is 11.5 Å². The van der Waals surface area contributed by atoms with Crippen LogP contribution in [0.5, 0.6) is 11.5 Å². The number of ether oxygens (including phenoxy) is 2. The highest BCUT2D eigenvalue weighted by atomic mass is 16.5. The van der Waals surface area contributed by atoms with E-state index in [1.807, 2.05) is 55.5 Å². The van der Waals surface area contributed by atoms with Crippen LogP contribution in [0, 0.1) is 6.92 Å². The summed E-state index contributed by atoms with van der Waals surface area (Å²) >= 11 is 0. The number of hydrogen-bond acceptors (Lipinski definition) is 5. The molecule has 5 heteroatoms. The Kier molecular flexibility index (Phi) is 4.61. The zero-order chi connectivity index (χ0) is 16.9. The number of aryl methyl sites for hydroxylation is 1. The van der Waals surface area contributed by atoms with Crippen LogP contribution in [0.4, 0.5) is 5.69 Å². The number of hydrogen-bond donors (Lipinski definition) is 1. The molecule has 0 aliphatic carbocycles. The van der Waals surface area contributed by atoms with E-state index >= 15 is 0 Å². The van der Waals surface area contributed by atoms with Gasteiger partial charge in [-0.05, 0) is 42.8 Å². The quantitative estimate of drug-likeness (QED) is 0.570. The van der Waals surface area contributed by atoms with Crippen LogP contribution in [0.2, 0.25) is 0 Å². The Labute approximate surface area is 140 Å². The van der Waals surface area contributed by atoms with E-state index < -0.39 is 0 Å². The summed E-state index contributed by atoms with van der Waals surface area (Å²) in [6, 6.07) is 15.6. The van der Waals surface area contributed by atoms with Crippen molar-refractivity contribution in [2.75, 3.05) is 19.6 Å².